The zero-order valence-electron chi connectivity index (χ0n) is 13.2. The van der Waals surface area contributed by atoms with E-state index in [1.54, 1.807) is 0 Å². The molecule has 2 fully saturated rings. The molecule has 2 aliphatic rings. The first-order chi connectivity index (χ1) is 9.69. The van der Waals surface area contributed by atoms with Gasteiger partial charge in [-0.3, -0.25) is 14.5 Å². The zero-order chi connectivity index (χ0) is 14.4. The summed E-state index contributed by atoms with van der Waals surface area (Å²) in [5.74, 6) is 0.364. The van der Waals surface area contributed by atoms with Gasteiger partial charge >= 0.3 is 0 Å². The van der Waals surface area contributed by atoms with E-state index in [1.165, 1.54) is 0 Å². The number of carbonyl (C=O) groups is 2. The van der Waals surface area contributed by atoms with E-state index < -0.39 is 0 Å². The van der Waals surface area contributed by atoms with Crippen molar-refractivity contribution in [3.8, 4) is 0 Å². The van der Waals surface area contributed by atoms with Crippen LogP contribution >= 0.6 is 24.8 Å². The third-order valence-corrected chi connectivity index (χ3v) is 3.85. The van der Waals surface area contributed by atoms with Gasteiger partial charge in [-0.25, -0.2) is 0 Å². The highest BCUT2D eigenvalue weighted by atomic mass is 35.5. The standard InChI is InChI=1S/C14H26N4O2.2ClH/c1-15-6-2-3-14(20)18-9-7-17(8-10-18)11-13(19)16-12-4-5-12;;/h12,15H,2-11H2,1H3,(H,16,19);2*1H. The lowest BCUT2D eigenvalue weighted by molar-refractivity contribution is -0.133. The van der Waals surface area contributed by atoms with Crippen molar-refractivity contribution in [2.24, 2.45) is 0 Å². The van der Waals surface area contributed by atoms with Gasteiger partial charge in [-0.1, -0.05) is 0 Å². The molecule has 2 N–H and O–H groups in total. The second kappa shape index (κ2) is 11.0. The number of hydrogen-bond donors (Lipinski definition) is 2. The molecule has 1 saturated carbocycles. The molecule has 1 aliphatic carbocycles. The van der Waals surface area contributed by atoms with Gasteiger partial charge in [0, 0.05) is 38.6 Å². The highest BCUT2D eigenvalue weighted by Crippen LogP contribution is 2.18. The average molecular weight is 355 g/mol. The first-order valence-corrected chi connectivity index (χ1v) is 7.63. The van der Waals surface area contributed by atoms with Crippen molar-refractivity contribution in [3.63, 3.8) is 0 Å². The number of nitrogens with zero attached hydrogens (tertiary/aromatic N) is 2. The van der Waals surface area contributed by atoms with Crippen LogP contribution in [0.4, 0.5) is 0 Å². The molecular weight excluding hydrogens is 327 g/mol. The van der Waals surface area contributed by atoms with Crippen LogP contribution in [0.3, 0.4) is 0 Å². The summed E-state index contributed by atoms with van der Waals surface area (Å²) in [6.45, 7) is 4.45. The second-order valence-corrected chi connectivity index (χ2v) is 5.71. The van der Waals surface area contributed by atoms with Crippen LogP contribution in [0.1, 0.15) is 25.7 Å². The summed E-state index contributed by atoms with van der Waals surface area (Å²) in [5, 5.41) is 6.05. The Morgan fingerprint density at radius 3 is 2.27 bits per heavy atom. The molecule has 2 rings (SSSR count). The molecule has 22 heavy (non-hydrogen) atoms. The Hall–Kier alpha value is -0.560. The van der Waals surface area contributed by atoms with Gasteiger partial charge in [-0.05, 0) is 32.9 Å². The first kappa shape index (κ1) is 21.4. The van der Waals surface area contributed by atoms with Crippen LogP contribution in [0.5, 0.6) is 0 Å². The molecule has 8 heteroatoms. The van der Waals surface area contributed by atoms with Gasteiger partial charge in [0.25, 0.3) is 0 Å². The smallest absolute Gasteiger partial charge is 0.234 e. The summed E-state index contributed by atoms with van der Waals surface area (Å²) >= 11 is 0. The Labute approximate surface area is 145 Å². The monoisotopic (exact) mass is 354 g/mol. The third kappa shape index (κ3) is 7.63. The lowest BCUT2D eigenvalue weighted by Gasteiger charge is -2.34. The van der Waals surface area contributed by atoms with Crippen molar-refractivity contribution in [1.29, 1.82) is 0 Å². The molecule has 0 spiro atoms. The normalized spacial score (nSPS) is 18.1. The van der Waals surface area contributed by atoms with Gasteiger partial charge in [0.05, 0.1) is 6.54 Å². The number of carbonyl (C=O) groups excluding carboxylic acids is 2. The Morgan fingerprint density at radius 2 is 1.73 bits per heavy atom. The average Bonchev–Trinajstić information content (AvgIpc) is 3.23. The van der Waals surface area contributed by atoms with Crippen molar-refractivity contribution in [2.45, 2.75) is 31.7 Å². The number of nitrogens with one attached hydrogen (secondary N) is 2. The lowest BCUT2D eigenvalue weighted by atomic mass is 10.2. The number of rotatable bonds is 7. The highest BCUT2D eigenvalue weighted by Gasteiger charge is 2.26. The van der Waals surface area contributed by atoms with Gasteiger partial charge in [0.1, 0.15) is 0 Å². The van der Waals surface area contributed by atoms with Crippen LogP contribution < -0.4 is 10.6 Å². The van der Waals surface area contributed by atoms with Gasteiger partial charge in [0.2, 0.25) is 11.8 Å². The van der Waals surface area contributed by atoms with E-state index >= 15 is 0 Å². The number of hydrogen-bond acceptors (Lipinski definition) is 4. The fourth-order valence-corrected chi connectivity index (χ4v) is 2.43. The van der Waals surface area contributed by atoms with E-state index in [4.69, 9.17) is 0 Å². The summed E-state index contributed by atoms with van der Waals surface area (Å²) in [4.78, 5) is 27.7. The van der Waals surface area contributed by atoms with Crippen LogP contribution in [0, 0.1) is 0 Å². The maximum absolute atomic E-state index is 12.0. The van der Waals surface area contributed by atoms with Gasteiger partial charge in [-0.2, -0.15) is 0 Å². The van der Waals surface area contributed by atoms with E-state index in [0.29, 0.717) is 19.0 Å². The molecule has 0 aromatic carbocycles. The Bertz CT molecular complexity index is 346. The Morgan fingerprint density at radius 1 is 1.09 bits per heavy atom. The van der Waals surface area contributed by atoms with Crippen molar-refractivity contribution < 1.29 is 9.59 Å². The maximum Gasteiger partial charge on any atom is 0.234 e. The maximum atomic E-state index is 12.0. The third-order valence-electron chi connectivity index (χ3n) is 3.85. The van der Waals surface area contributed by atoms with E-state index in [2.05, 4.69) is 15.5 Å². The Balaban J connectivity index is 0.00000220. The molecule has 6 nitrogen and oxygen atoms in total. The van der Waals surface area contributed by atoms with Crippen molar-refractivity contribution in [1.82, 2.24) is 20.4 Å². The summed E-state index contributed by atoms with van der Waals surface area (Å²) in [7, 11) is 1.90. The molecule has 0 radical (unpaired) electrons. The van der Waals surface area contributed by atoms with E-state index in [9.17, 15) is 9.59 Å². The molecule has 1 heterocycles. The van der Waals surface area contributed by atoms with Crippen LogP contribution in [0.25, 0.3) is 0 Å². The topological polar surface area (TPSA) is 64.7 Å². The van der Waals surface area contributed by atoms with Crippen LogP contribution in [0.2, 0.25) is 0 Å². The van der Waals surface area contributed by atoms with Gasteiger partial charge in [0.15, 0.2) is 0 Å². The van der Waals surface area contributed by atoms with Gasteiger partial charge in [-0.15, -0.1) is 24.8 Å². The number of amides is 2. The fraction of sp³-hybridized carbons (Fsp3) is 0.857. The minimum absolute atomic E-state index is 0. The number of piperazine rings is 1. The SMILES string of the molecule is CNCCCC(=O)N1CCN(CC(=O)NC2CC2)CC1.Cl.Cl. The second-order valence-electron chi connectivity index (χ2n) is 5.71. The number of halogens is 2. The van der Waals surface area contributed by atoms with E-state index in [0.717, 1.165) is 52.0 Å². The molecular formula is C14H28Cl2N4O2. The van der Waals surface area contributed by atoms with Crippen molar-refractivity contribution >= 4 is 36.6 Å². The minimum Gasteiger partial charge on any atom is -0.352 e. The molecule has 1 saturated heterocycles. The molecule has 2 amide bonds. The summed E-state index contributed by atoms with van der Waals surface area (Å²) in [5.41, 5.74) is 0. The lowest BCUT2D eigenvalue weighted by Crippen LogP contribution is -2.51. The van der Waals surface area contributed by atoms with Crippen LogP contribution in [0.15, 0.2) is 0 Å². The van der Waals surface area contributed by atoms with Crippen molar-refractivity contribution in [3.05, 3.63) is 0 Å². The zero-order valence-corrected chi connectivity index (χ0v) is 14.8. The quantitative estimate of drug-likeness (QED) is 0.643. The van der Waals surface area contributed by atoms with Crippen LogP contribution in [-0.4, -0.2) is 74.0 Å². The summed E-state index contributed by atoms with van der Waals surface area (Å²) in [6.07, 6.45) is 3.75. The summed E-state index contributed by atoms with van der Waals surface area (Å²) < 4.78 is 0. The molecule has 0 aromatic heterocycles. The molecule has 0 aromatic rings. The molecule has 130 valence electrons. The predicted molar refractivity (Wildman–Crippen MR) is 91.8 cm³/mol. The predicted octanol–water partition coefficient (Wildman–Crippen LogP) is 0.252. The molecule has 0 bridgehead atoms. The fourth-order valence-electron chi connectivity index (χ4n) is 2.43. The van der Waals surface area contributed by atoms with E-state index in [1.807, 2.05) is 11.9 Å². The van der Waals surface area contributed by atoms with Crippen LogP contribution in [-0.2, 0) is 9.59 Å². The highest BCUT2D eigenvalue weighted by molar-refractivity contribution is 5.85. The summed E-state index contributed by atoms with van der Waals surface area (Å²) in [6, 6.07) is 0.428. The first-order valence-electron chi connectivity index (χ1n) is 7.63. The van der Waals surface area contributed by atoms with E-state index in [-0.39, 0.29) is 36.6 Å². The molecule has 0 unspecified atom stereocenters. The largest absolute Gasteiger partial charge is 0.352 e. The van der Waals surface area contributed by atoms with Crippen molar-refractivity contribution in [2.75, 3.05) is 46.3 Å². The molecule has 0 atom stereocenters. The minimum atomic E-state index is 0. The van der Waals surface area contributed by atoms with Gasteiger partial charge < -0.3 is 15.5 Å². The molecule has 1 aliphatic heterocycles. The Kier molecular flexibility index (Phi) is 10.8.